The van der Waals surface area contributed by atoms with E-state index in [9.17, 15) is 10.0 Å². The van der Waals surface area contributed by atoms with Crippen LogP contribution in [0.5, 0.6) is 11.5 Å². The molecule has 7 heteroatoms. The van der Waals surface area contributed by atoms with E-state index in [1.54, 1.807) is 48.5 Å². The Hall–Kier alpha value is -3.48. The number of rotatable bonds is 4. The SMILES string of the molecule is COc1ccccc1NC(=O)c1cc2cccc(OC)c2o/c1=N\O. The average molecular weight is 340 g/mol. The quantitative estimate of drug-likeness (QED) is 0.562. The lowest BCUT2D eigenvalue weighted by atomic mass is 10.1. The van der Waals surface area contributed by atoms with Crippen LogP contribution in [0.2, 0.25) is 0 Å². The number of methoxy groups -OCH3 is 2. The summed E-state index contributed by atoms with van der Waals surface area (Å²) in [5.41, 5.74) is 0.731. The minimum atomic E-state index is -0.495. The van der Waals surface area contributed by atoms with Crippen LogP contribution in [0.1, 0.15) is 10.4 Å². The molecule has 2 N–H and O–H groups in total. The number of anilines is 1. The lowest BCUT2D eigenvalue weighted by molar-refractivity contribution is 0.102. The van der Waals surface area contributed by atoms with E-state index in [4.69, 9.17) is 13.9 Å². The normalized spacial score (nSPS) is 11.4. The standard InChI is InChI=1S/C18H16N2O5/c1-23-14-8-4-3-7-13(14)19-17(21)12-10-11-6-5-9-15(24-2)16(11)25-18(12)20-22/h3-10,22H,1-2H3,(H,19,21)/b20-18-. The van der Waals surface area contributed by atoms with Crippen LogP contribution in [0.25, 0.3) is 11.0 Å². The Morgan fingerprint density at radius 2 is 1.80 bits per heavy atom. The van der Waals surface area contributed by atoms with Crippen molar-refractivity contribution in [2.45, 2.75) is 0 Å². The predicted molar refractivity (Wildman–Crippen MR) is 91.1 cm³/mol. The Bertz CT molecular complexity index is 994. The smallest absolute Gasteiger partial charge is 0.268 e. The molecule has 0 bridgehead atoms. The molecule has 128 valence electrons. The molecule has 0 radical (unpaired) electrons. The highest BCUT2D eigenvalue weighted by molar-refractivity contribution is 6.06. The highest BCUT2D eigenvalue weighted by Crippen LogP contribution is 2.26. The van der Waals surface area contributed by atoms with Gasteiger partial charge in [-0.1, -0.05) is 24.3 Å². The number of fused-ring (bicyclic) bond motifs is 1. The first-order valence-electron chi connectivity index (χ1n) is 7.41. The molecule has 0 aliphatic rings. The Morgan fingerprint density at radius 1 is 1.08 bits per heavy atom. The Morgan fingerprint density at radius 3 is 2.52 bits per heavy atom. The molecule has 1 amide bonds. The van der Waals surface area contributed by atoms with E-state index in [1.165, 1.54) is 14.2 Å². The van der Waals surface area contributed by atoms with Gasteiger partial charge >= 0.3 is 0 Å². The highest BCUT2D eigenvalue weighted by Gasteiger charge is 2.16. The number of hydrogen-bond acceptors (Lipinski definition) is 6. The largest absolute Gasteiger partial charge is 0.495 e. The first-order chi connectivity index (χ1) is 12.2. The lowest BCUT2D eigenvalue weighted by Crippen LogP contribution is -2.22. The van der Waals surface area contributed by atoms with E-state index >= 15 is 0 Å². The van der Waals surface area contributed by atoms with Gasteiger partial charge in [0.1, 0.15) is 11.3 Å². The Balaban J connectivity index is 2.07. The van der Waals surface area contributed by atoms with Gasteiger partial charge in [0, 0.05) is 5.39 Å². The number of benzene rings is 2. The zero-order valence-electron chi connectivity index (χ0n) is 13.6. The molecule has 0 aliphatic heterocycles. The minimum Gasteiger partial charge on any atom is -0.495 e. The second-order valence-corrected chi connectivity index (χ2v) is 5.10. The maximum atomic E-state index is 12.6. The van der Waals surface area contributed by atoms with E-state index in [0.29, 0.717) is 28.2 Å². The van der Waals surface area contributed by atoms with Crippen molar-refractivity contribution >= 4 is 22.6 Å². The van der Waals surface area contributed by atoms with Gasteiger partial charge in [0.05, 0.1) is 19.9 Å². The first-order valence-corrected chi connectivity index (χ1v) is 7.41. The molecule has 0 saturated carbocycles. The molecule has 0 aliphatic carbocycles. The van der Waals surface area contributed by atoms with E-state index < -0.39 is 5.91 Å². The van der Waals surface area contributed by atoms with Gasteiger partial charge in [-0.15, -0.1) is 0 Å². The van der Waals surface area contributed by atoms with Crippen LogP contribution in [0.4, 0.5) is 5.69 Å². The minimum absolute atomic E-state index is 0.0779. The summed E-state index contributed by atoms with van der Waals surface area (Å²) in [5.74, 6) is 0.489. The summed E-state index contributed by atoms with van der Waals surface area (Å²) < 4.78 is 16.0. The summed E-state index contributed by atoms with van der Waals surface area (Å²) in [6, 6.07) is 13.8. The molecule has 2 aromatic carbocycles. The number of hydrogen-bond donors (Lipinski definition) is 2. The predicted octanol–water partition coefficient (Wildman–Crippen LogP) is 2.99. The molecule has 0 spiro atoms. The van der Waals surface area contributed by atoms with Gasteiger partial charge in [-0.25, -0.2) is 0 Å². The number of nitrogens with zero attached hydrogens (tertiary/aromatic N) is 1. The van der Waals surface area contributed by atoms with Gasteiger partial charge in [0.25, 0.3) is 11.5 Å². The second-order valence-electron chi connectivity index (χ2n) is 5.10. The molecule has 0 saturated heterocycles. The molecular weight excluding hydrogens is 324 g/mol. The zero-order chi connectivity index (χ0) is 17.8. The molecule has 1 heterocycles. The van der Waals surface area contributed by atoms with Crippen molar-refractivity contribution in [3.8, 4) is 11.5 Å². The summed E-state index contributed by atoms with van der Waals surface area (Å²) >= 11 is 0. The van der Waals surface area contributed by atoms with Crippen molar-refractivity contribution in [3.63, 3.8) is 0 Å². The maximum Gasteiger partial charge on any atom is 0.268 e. The number of ether oxygens (including phenoxy) is 2. The van der Waals surface area contributed by atoms with Crippen molar-refractivity contribution < 1.29 is 23.9 Å². The fourth-order valence-electron chi connectivity index (χ4n) is 2.46. The fraction of sp³-hybridized carbons (Fsp3) is 0.111. The van der Waals surface area contributed by atoms with Crippen molar-refractivity contribution in [3.05, 3.63) is 59.6 Å². The number of carbonyl (C=O) groups is 1. The molecule has 0 unspecified atom stereocenters. The second kappa shape index (κ2) is 6.96. The van der Waals surface area contributed by atoms with Crippen LogP contribution < -0.4 is 20.3 Å². The van der Waals surface area contributed by atoms with Crippen LogP contribution >= 0.6 is 0 Å². The van der Waals surface area contributed by atoms with Crippen LogP contribution in [0.3, 0.4) is 0 Å². The maximum absolute atomic E-state index is 12.6. The first kappa shape index (κ1) is 16.4. The van der Waals surface area contributed by atoms with Crippen LogP contribution in [-0.2, 0) is 0 Å². The molecule has 0 fully saturated rings. The average Bonchev–Trinajstić information content (AvgIpc) is 2.66. The third kappa shape index (κ3) is 3.12. The molecule has 3 aromatic rings. The summed E-state index contributed by atoms with van der Waals surface area (Å²) in [4.78, 5) is 12.6. The van der Waals surface area contributed by atoms with Gasteiger partial charge < -0.3 is 24.4 Å². The van der Waals surface area contributed by atoms with Crippen LogP contribution in [0.15, 0.2) is 58.1 Å². The molecule has 0 atom stereocenters. The summed E-state index contributed by atoms with van der Waals surface area (Å²) in [6.45, 7) is 0. The van der Waals surface area contributed by atoms with Crippen molar-refractivity contribution in [2.75, 3.05) is 19.5 Å². The molecule has 7 nitrogen and oxygen atoms in total. The monoisotopic (exact) mass is 340 g/mol. The van der Waals surface area contributed by atoms with Gasteiger partial charge in [0.15, 0.2) is 11.3 Å². The fourth-order valence-corrected chi connectivity index (χ4v) is 2.46. The van der Waals surface area contributed by atoms with Gasteiger partial charge in [-0.2, -0.15) is 0 Å². The van der Waals surface area contributed by atoms with Crippen molar-refractivity contribution in [2.24, 2.45) is 5.16 Å². The molecule has 3 rings (SSSR count). The molecule has 1 aromatic heterocycles. The summed E-state index contributed by atoms with van der Waals surface area (Å²) in [6.07, 6.45) is 0. The van der Waals surface area contributed by atoms with E-state index in [-0.39, 0.29) is 11.1 Å². The van der Waals surface area contributed by atoms with E-state index in [1.807, 2.05) is 0 Å². The number of amides is 1. The zero-order valence-corrected chi connectivity index (χ0v) is 13.6. The summed E-state index contributed by atoms with van der Waals surface area (Å²) in [7, 11) is 3.01. The third-order valence-electron chi connectivity index (χ3n) is 3.65. The molecular formula is C18H16N2O5. The Labute approximate surface area is 143 Å². The number of carbonyl (C=O) groups excluding carboxylic acids is 1. The van der Waals surface area contributed by atoms with Gasteiger partial charge in [-0.05, 0) is 29.4 Å². The lowest BCUT2D eigenvalue weighted by Gasteiger charge is -2.10. The Kier molecular flexibility index (Phi) is 4.56. The van der Waals surface area contributed by atoms with Gasteiger partial charge in [-0.3, -0.25) is 4.79 Å². The molecule has 25 heavy (non-hydrogen) atoms. The van der Waals surface area contributed by atoms with Gasteiger partial charge in [0.2, 0.25) is 0 Å². The van der Waals surface area contributed by atoms with Crippen molar-refractivity contribution in [1.29, 1.82) is 0 Å². The van der Waals surface area contributed by atoms with Crippen LogP contribution in [-0.4, -0.2) is 25.3 Å². The number of para-hydroxylation sites is 3. The summed E-state index contributed by atoms with van der Waals surface area (Å²) in [5, 5.41) is 15.7. The van der Waals surface area contributed by atoms with E-state index in [0.717, 1.165) is 0 Å². The van der Waals surface area contributed by atoms with E-state index in [2.05, 4.69) is 10.5 Å². The van der Waals surface area contributed by atoms with Crippen molar-refractivity contribution in [1.82, 2.24) is 0 Å². The topological polar surface area (TPSA) is 93.3 Å². The van der Waals surface area contributed by atoms with Crippen LogP contribution in [0, 0.1) is 0 Å². The highest BCUT2D eigenvalue weighted by atomic mass is 16.5. The number of nitrogens with one attached hydrogen (secondary N) is 1. The third-order valence-corrected chi connectivity index (χ3v) is 3.65.